The summed E-state index contributed by atoms with van der Waals surface area (Å²) in [5.74, 6) is -0.358. The van der Waals surface area contributed by atoms with E-state index in [1.165, 1.54) is 6.92 Å². The van der Waals surface area contributed by atoms with Crippen molar-refractivity contribution in [3.8, 4) is 0 Å². The van der Waals surface area contributed by atoms with Gasteiger partial charge in [-0.3, -0.25) is 14.4 Å². The maximum atomic E-state index is 11.9. The van der Waals surface area contributed by atoms with Crippen LogP contribution in [0.15, 0.2) is 4.79 Å². The monoisotopic (exact) mass is 291 g/mol. The summed E-state index contributed by atoms with van der Waals surface area (Å²) >= 11 is 0. The molecule has 1 aromatic rings. The summed E-state index contributed by atoms with van der Waals surface area (Å²) in [4.78, 5) is 33.9. The van der Waals surface area contributed by atoms with Crippen molar-refractivity contribution in [3.05, 3.63) is 27.4 Å². The molecule has 0 radical (unpaired) electrons. The Bertz CT molecular complexity index is 579. The maximum Gasteiger partial charge on any atom is 0.414 e. The fourth-order valence-electron chi connectivity index (χ4n) is 1.66. The zero-order chi connectivity index (χ0) is 14.9. The van der Waals surface area contributed by atoms with Gasteiger partial charge in [-0.05, 0) is 19.8 Å². The number of aromatic nitrogens is 2. The Morgan fingerprint density at radius 2 is 2.15 bits per heavy atom. The van der Waals surface area contributed by atoms with Gasteiger partial charge in [0.25, 0.3) is 11.5 Å². The van der Waals surface area contributed by atoms with Gasteiger partial charge in [0, 0.05) is 5.92 Å². The van der Waals surface area contributed by atoms with Gasteiger partial charge in [-0.2, -0.15) is 13.2 Å². The molecular formula is C11H12F3N3O3. The minimum absolute atomic E-state index is 0.156. The van der Waals surface area contributed by atoms with E-state index in [4.69, 9.17) is 0 Å². The second kappa shape index (κ2) is 5.23. The highest BCUT2D eigenvalue weighted by Gasteiger charge is 2.30. The molecule has 2 N–H and O–H groups in total. The first-order valence-corrected chi connectivity index (χ1v) is 5.87. The van der Waals surface area contributed by atoms with Gasteiger partial charge < -0.3 is 4.98 Å². The van der Waals surface area contributed by atoms with Crippen LogP contribution in [-0.4, -0.2) is 28.7 Å². The predicted octanol–water partition coefficient (Wildman–Crippen LogP) is 1.18. The molecule has 1 amide bonds. The van der Waals surface area contributed by atoms with Gasteiger partial charge in [-0.15, -0.1) is 0 Å². The van der Waals surface area contributed by atoms with Crippen LogP contribution in [0, 0.1) is 6.92 Å². The van der Waals surface area contributed by atoms with Crippen molar-refractivity contribution in [2.45, 2.75) is 31.9 Å². The van der Waals surface area contributed by atoms with Crippen LogP contribution in [0.4, 0.5) is 13.2 Å². The number of carbonyl (C=O) groups is 1. The minimum atomic E-state index is -4.57. The van der Waals surface area contributed by atoms with Crippen molar-refractivity contribution in [3.63, 3.8) is 0 Å². The van der Waals surface area contributed by atoms with Crippen LogP contribution >= 0.6 is 0 Å². The molecule has 6 nitrogen and oxygen atoms in total. The SMILES string of the molecule is Cc1nc(C2CC2)[nH]c(=O)c1C(=O)NOCC(F)(F)F. The first-order valence-electron chi connectivity index (χ1n) is 5.87. The number of aryl methyl sites for hydroxylation is 1. The normalized spacial score (nSPS) is 15.2. The molecule has 1 aliphatic rings. The zero-order valence-electron chi connectivity index (χ0n) is 10.5. The Morgan fingerprint density at radius 3 is 2.65 bits per heavy atom. The summed E-state index contributed by atoms with van der Waals surface area (Å²) in [5.41, 5.74) is 0.701. The van der Waals surface area contributed by atoms with Crippen LogP contribution in [-0.2, 0) is 4.84 Å². The number of halogens is 3. The summed E-state index contributed by atoms with van der Waals surface area (Å²) < 4.78 is 35.6. The number of H-pyrrole nitrogens is 1. The average Bonchev–Trinajstić information content (AvgIpc) is 3.09. The van der Waals surface area contributed by atoms with E-state index in [1.54, 1.807) is 5.48 Å². The predicted molar refractivity (Wildman–Crippen MR) is 61.0 cm³/mol. The molecule has 110 valence electrons. The molecule has 0 atom stereocenters. The first kappa shape index (κ1) is 14.5. The van der Waals surface area contributed by atoms with Gasteiger partial charge in [-0.25, -0.2) is 10.5 Å². The number of hydroxylamine groups is 1. The van der Waals surface area contributed by atoms with Crippen molar-refractivity contribution in [2.75, 3.05) is 6.61 Å². The number of amides is 1. The van der Waals surface area contributed by atoms with E-state index in [9.17, 15) is 22.8 Å². The highest BCUT2D eigenvalue weighted by Crippen LogP contribution is 2.37. The number of carbonyl (C=O) groups excluding carboxylic acids is 1. The molecule has 1 heterocycles. The van der Waals surface area contributed by atoms with Crippen LogP contribution in [0.25, 0.3) is 0 Å². The van der Waals surface area contributed by atoms with E-state index in [-0.39, 0.29) is 17.2 Å². The number of rotatable bonds is 4. The van der Waals surface area contributed by atoms with E-state index in [0.29, 0.717) is 5.82 Å². The van der Waals surface area contributed by atoms with Crippen LogP contribution in [0.3, 0.4) is 0 Å². The van der Waals surface area contributed by atoms with Crippen LogP contribution in [0.1, 0.15) is 40.6 Å². The second-order valence-corrected chi connectivity index (χ2v) is 4.52. The third-order valence-electron chi connectivity index (χ3n) is 2.71. The Kier molecular flexibility index (Phi) is 3.80. The molecule has 1 aliphatic carbocycles. The summed E-state index contributed by atoms with van der Waals surface area (Å²) in [5, 5.41) is 0. The molecule has 20 heavy (non-hydrogen) atoms. The molecule has 0 spiro atoms. The van der Waals surface area contributed by atoms with Crippen molar-refractivity contribution in [2.24, 2.45) is 0 Å². The summed E-state index contributed by atoms with van der Waals surface area (Å²) in [7, 11) is 0. The van der Waals surface area contributed by atoms with Crippen LogP contribution in [0.5, 0.6) is 0 Å². The highest BCUT2D eigenvalue weighted by molar-refractivity contribution is 5.94. The summed E-state index contributed by atoms with van der Waals surface area (Å²) in [6, 6.07) is 0. The quantitative estimate of drug-likeness (QED) is 0.816. The molecule has 1 saturated carbocycles. The lowest BCUT2D eigenvalue weighted by Crippen LogP contribution is -2.34. The first-order chi connectivity index (χ1) is 9.28. The van der Waals surface area contributed by atoms with Crippen LogP contribution < -0.4 is 11.0 Å². The van der Waals surface area contributed by atoms with Crippen molar-refractivity contribution in [1.82, 2.24) is 15.4 Å². The van der Waals surface area contributed by atoms with Gasteiger partial charge in [-0.1, -0.05) is 0 Å². The third-order valence-corrected chi connectivity index (χ3v) is 2.71. The van der Waals surface area contributed by atoms with E-state index < -0.39 is 24.2 Å². The van der Waals surface area contributed by atoms with E-state index in [0.717, 1.165) is 12.8 Å². The van der Waals surface area contributed by atoms with Crippen molar-refractivity contribution >= 4 is 5.91 Å². The van der Waals surface area contributed by atoms with E-state index in [1.807, 2.05) is 0 Å². The minimum Gasteiger partial charge on any atom is -0.310 e. The lowest BCUT2D eigenvalue weighted by molar-refractivity contribution is -0.184. The molecule has 1 fully saturated rings. The van der Waals surface area contributed by atoms with Gasteiger partial charge in [0.1, 0.15) is 11.4 Å². The molecule has 0 aromatic carbocycles. The molecule has 2 rings (SSSR count). The Labute approximate surface area is 111 Å². The Balaban J connectivity index is 2.08. The number of alkyl halides is 3. The Hall–Kier alpha value is -1.90. The number of hydrogen-bond donors (Lipinski definition) is 2. The van der Waals surface area contributed by atoms with Crippen molar-refractivity contribution < 1.29 is 22.8 Å². The van der Waals surface area contributed by atoms with Gasteiger partial charge >= 0.3 is 6.18 Å². The summed E-state index contributed by atoms with van der Waals surface area (Å²) in [6.07, 6.45) is -2.73. The fraction of sp³-hybridized carbons (Fsp3) is 0.545. The molecular weight excluding hydrogens is 279 g/mol. The van der Waals surface area contributed by atoms with Gasteiger partial charge in [0.15, 0.2) is 6.61 Å². The van der Waals surface area contributed by atoms with Gasteiger partial charge in [0.05, 0.1) is 5.69 Å². The second-order valence-electron chi connectivity index (χ2n) is 4.52. The Morgan fingerprint density at radius 1 is 1.50 bits per heavy atom. The van der Waals surface area contributed by atoms with Crippen molar-refractivity contribution in [1.29, 1.82) is 0 Å². The zero-order valence-corrected chi connectivity index (χ0v) is 10.5. The van der Waals surface area contributed by atoms with E-state index >= 15 is 0 Å². The standard InChI is InChI=1S/C11H12F3N3O3/c1-5-7(10(19)17-20-4-11(12,13)14)9(18)16-8(15-5)6-2-3-6/h6H,2-4H2,1H3,(H,17,19)(H,15,16,18). The third kappa shape index (κ3) is 3.56. The van der Waals surface area contributed by atoms with Crippen LogP contribution in [0.2, 0.25) is 0 Å². The smallest absolute Gasteiger partial charge is 0.310 e. The maximum absolute atomic E-state index is 11.9. The number of hydrogen-bond acceptors (Lipinski definition) is 4. The topological polar surface area (TPSA) is 84.1 Å². The largest absolute Gasteiger partial charge is 0.414 e. The molecule has 0 aliphatic heterocycles. The number of nitrogens with one attached hydrogen (secondary N) is 2. The highest BCUT2D eigenvalue weighted by atomic mass is 19.4. The number of nitrogens with zero attached hydrogens (tertiary/aromatic N) is 1. The molecule has 0 unspecified atom stereocenters. The molecule has 0 bridgehead atoms. The van der Waals surface area contributed by atoms with E-state index in [2.05, 4.69) is 14.8 Å². The lowest BCUT2D eigenvalue weighted by Gasteiger charge is -2.09. The average molecular weight is 291 g/mol. The van der Waals surface area contributed by atoms with Gasteiger partial charge in [0.2, 0.25) is 0 Å². The fourth-order valence-corrected chi connectivity index (χ4v) is 1.66. The molecule has 0 saturated heterocycles. The lowest BCUT2D eigenvalue weighted by atomic mass is 10.2. The molecule has 9 heteroatoms. The summed E-state index contributed by atoms with van der Waals surface area (Å²) in [6.45, 7) is -0.191. The number of aromatic amines is 1. The molecule has 1 aromatic heterocycles.